The van der Waals surface area contributed by atoms with E-state index in [0.717, 1.165) is 0 Å². The molecule has 4 unspecified atom stereocenters. The Morgan fingerprint density at radius 1 is 1.09 bits per heavy atom. The van der Waals surface area contributed by atoms with Crippen LogP contribution < -0.4 is 0 Å². The zero-order valence-corrected chi connectivity index (χ0v) is 20.4. The van der Waals surface area contributed by atoms with E-state index in [2.05, 4.69) is 0 Å². The van der Waals surface area contributed by atoms with E-state index in [1.165, 1.54) is 0 Å². The monoisotopic (exact) mass is 486 g/mol. The maximum absolute atomic E-state index is 13.0. The van der Waals surface area contributed by atoms with Crippen molar-refractivity contribution in [1.29, 1.82) is 0 Å². The minimum absolute atomic E-state index is 0.118. The van der Waals surface area contributed by atoms with Crippen molar-refractivity contribution >= 4 is 40.9 Å². The standard InChI is InChI=1S/C24H32Cl2O6/c1-4-24(12-8-7-9-20(29)31-5-2)19(28)14-18(27)21(23(30)32-6-3)22(24)15-10-11-16(25)17(26)13-15/h10-11,13,19,21-22,28H,4-9,12,14H2,1-3H3. The number of aliphatic hydroxyl groups is 1. The zero-order valence-electron chi connectivity index (χ0n) is 18.9. The van der Waals surface area contributed by atoms with Gasteiger partial charge < -0.3 is 14.6 Å². The van der Waals surface area contributed by atoms with Crippen LogP contribution in [0, 0.1) is 11.3 Å². The highest BCUT2D eigenvalue weighted by molar-refractivity contribution is 6.42. The van der Waals surface area contributed by atoms with Crippen molar-refractivity contribution < 1.29 is 29.0 Å². The van der Waals surface area contributed by atoms with E-state index >= 15 is 0 Å². The van der Waals surface area contributed by atoms with E-state index < -0.39 is 29.3 Å². The van der Waals surface area contributed by atoms with E-state index in [-0.39, 0.29) is 31.2 Å². The first-order chi connectivity index (χ1) is 15.2. The number of hydrogen-bond donors (Lipinski definition) is 1. The number of aliphatic hydroxyl groups excluding tert-OH is 1. The van der Waals surface area contributed by atoms with E-state index in [0.29, 0.717) is 47.9 Å². The van der Waals surface area contributed by atoms with E-state index in [1.54, 1.807) is 32.0 Å². The first-order valence-corrected chi connectivity index (χ1v) is 11.9. The lowest BCUT2D eigenvalue weighted by molar-refractivity contribution is -0.162. The van der Waals surface area contributed by atoms with Gasteiger partial charge in [-0.05, 0) is 50.8 Å². The van der Waals surface area contributed by atoms with Gasteiger partial charge in [-0.1, -0.05) is 42.6 Å². The SMILES string of the molecule is CCOC(=O)CCCCC1(CC)C(O)CC(=O)C(C(=O)OCC)C1c1ccc(Cl)c(Cl)c1. The van der Waals surface area contributed by atoms with Crippen LogP contribution >= 0.6 is 23.2 Å². The van der Waals surface area contributed by atoms with Crippen LogP contribution in [-0.4, -0.2) is 42.1 Å². The summed E-state index contributed by atoms with van der Waals surface area (Å²) in [5.74, 6) is -2.86. The molecule has 0 bridgehead atoms. The van der Waals surface area contributed by atoms with Gasteiger partial charge >= 0.3 is 11.9 Å². The predicted octanol–water partition coefficient (Wildman–Crippen LogP) is 5.11. The van der Waals surface area contributed by atoms with Gasteiger partial charge in [0, 0.05) is 24.2 Å². The zero-order chi connectivity index (χ0) is 23.9. The molecule has 1 saturated carbocycles. The number of halogens is 2. The maximum Gasteiger partial charge on any atom is 0.317 e. The summed E-state index contributed by atoms with van der Waals surface area (Å²) in [5, 5.41) is 11.8. The number of carbonyl (C=O) groups is 3. The number of ketones is 1. The Balaban J connectivity index is 2.45. The molecule has 0 heterocycles. The molecule has 0 spiro atoms. The van der Waals surface area contributed by atoms with Crippen LogP contribution in [0.25, 0.3) is 0 Å². The minimum Gasteiger partial charge on any atom is -0.466 e. The van der Waals surface area contributed by atoms with Gasteiger partial charge in [-0.3, -0.25) is 14.4 Å². The van der Waals surface area contributed by atoms with Crippen LogP contribution in [0.3, 0.4) is 0 Å². The Kier molecular flexibility index (Phi) is 9.99. The first kappa shape index (κ1) is 26.6. The number of Topliss-reactive ketones (excluding diaryl/α,β-unsaturated/α-hetero) is 1. The van der Waals surface area contributed by atoms with Gasteiger partial charge in [0.15, 0.2) is 0 Å². The largest absolute Gasteiger partial charge is 0.466 e. The Morgan fingerprint density at radius 2 is 1.78 bits per heavy atom. The first-order valence-electron chi connectivity index (χ1n) is 11.2. The lowest BCUT2D eigenvalue weighted by atomic mass is 9.54. The second kappa shape index (κ2) is 12.0. The molecule has 4 atom stereocenters. The molecule has 1 aliphatic rings. The number of rotatable bonds is 10. The van der Waals surface area contributed by atoms with Crippen molar-refractivity contribution in [2.24, 2.45) is 11.3 Å². The van der Waals surface area contributed by atoms with E-state index in [9.17, 15) is 19.5 Å². The fourth-order valence-electron chi connectivity index (χ4n) is 4.89. The maximum atomic E-state index is 13.0. The molecule has 0 radical (unpaired) electrons. The highest BCUT2D eigenvalue weighted by Gasteiger charge is 2.56. The minimum atomic E-state index is -1.04. The number of unbranched alkanes of at least 4 members (excludes halogenated alkanes) is 1. The second-order valence-electron chi connectivity index (χ2n) is 8.17. The molecular weight excluding hydrogens is 455 g/mol. The van der Waals surface area contributed by atoms with Crippen LogP contribution in [0.2, 0.25) is 10.0 Å². The summed E-state index contributed by atoms with van der Waals surface area (Å²) in [6.45, 7) is 5.88. The molecule has 1 aromatic rings. The molecule has 1 aromatic carbocycles. The molecule has 0 aromatic heterocycles. The predicted molar refractivity (Wildman–Crippen MR) is 123 cm³/mol. The quantitative estimate of drug-likeness (QED) is 0.280. The van der Waals surface area contributed by atoms with Gasteiger partial charge in [0.25, 0.3) is 0 Å². The average Bonchev–Trinajstić information content (AvgIpc) is 2.74. The van der Waals surface area contributed by atoms with Crippen molar-refractivity contribution in [2.45, 2.75) is 71.3 Å². The van der Waals surface area contributed by atoms with Crippen molar-refractivity contribution in [2.75, 3.05) is 13.2 Å². The number of carbonyl (C=O) groups excluding carboxylic acids is 3. The highest BCUT2D eigenvalue weighted by Crippen LogP contribution is 2.55. The molecule has 1 fully saturated rings. The lowest BCUT2D eigenvalue weighted by Crippen LogP contribution is -2.53. The Morgan fingerprint density at radius 3 is 2.38 bits per heavy atom. The summed E-state index contributed by atoms with van der Waals surface area (Å²) in [6, 6.07) is 5.04. The molecule has 8 heteroatoms. The van der Waals surface area contributed by atoms with Gasteiger partial charge in [0.2, 0.25) is 0 Å². The number of hydrogen-bond acceptors (Lipinski definition) is 6. The third-order valence-corrected chi connectivity index (χ3v) is 7.18. The normalized spacial score (nSPS) is 25.4. The molecule has 32 heavy (non-hydrogen) atoms. The fourth-order valence-corrected chi connectivity index (χ4v) is 5.19. The van der Waals surface area contributed by atoms with E-state index in [4.69, 9.17) is 32.7 Å². The van der Waals surface area contributed by atoms with Gasteiger partial charge in [-0.2, -0.15) is 0 Å². The molecule has 1 aliphatic carbocycles. The Hall–Kier alpha value is -1.63. The molecule has 178 valence electrons. The number of ether oxygens (including phenoxy) is 2. The molecule has 2 rings (SSSR count). The topological polar surface area (TPSA) is 89.9 Å². The third kappa shape index (κ3) is 5.83. The van der Waals surface area contributed by atoms with Crippen LogP contribution in [-0.2, 0) is 23.9 Å². The molecular formula is C24H32Cl2O6. The summed E-state index contributed by atoms with van der Waals surface area (Å²) < 4.78 is 10.2. The molecule has 0 aliphatic heterocycles. The van der Waals surface area contributed by atoms with Gasteiger partial charge in [0.05, 0.1) is 29.4 Å². The van der Waals surface area contributed by atoms with Crippen molar-refractivity contribution in [3.8, 4) is 0 Å². The lowest BCUT2D eigenvalue weighted by Gasteiger charge is -2.50. The van der Waals surface area contributed by atoms with Gasteiger partial charge in [-0.15, -0.1) is 0 Å². The number of benzene rings is 1. The number of esters is 2. The summed E-state index contributed by atoms with van der Waals surface area (Å²) in [7, 11) is 0. The summed E-state index contributed by atoms with van der Waals surface area (Å²) in [5.41, 5.74) is -0.103. The van der Waals surface area contributed by atoms with Gasteiger partial charge in [0.1, 0.15) is 11.7 Å². The van der Waals surface area contributed by atoms with E-state index in [1.807, 2.05) is 6.92 Å². The fraction of sp³-hybridized carbons (Fsp3) is 0.625. The third-order valence-electron chi connectivity index (χ3n) is 6.44. The molecule has 1 N–H and O–H groups in total. The van der Waals surface area contributed by atoms with Crippen molar-refractivity contribution in [3.63, 3.8) is 0 Å². The molecule has 6 nitrogen and oxygen atoms in total. The van der Waals surface area contributed by atoms with Crippen LogP contribution in [0.5, 0.6) is 0 Å². The second-order valence-corrected chi connectivity index (χ2v) is 8.98. The average molecular weight is 487 g/mol. The Labute approximate surface area is 199 Å². The van der Waals surface area contributed by atoms with Gasteiger partial charge in [-0.25, -0.2) is 0 Å². The smallest absolute Gasteiger partial charge is 0.317 e. The summed E-state index contributed by atoms with van der Waals surface area (Å²) in [4.78, 5) is 37.6. The van der Waals surface area contributed by atoms with Crippen LogP contribution in [0.1, 0.15) is 70.8 Å². The molecule has 0 saturated heterocycles. The Bertz CT molecular complexity index is 819. The van der Waals surface area contributed by atoms with Crippen LogP contribution in [0.4, 0.5) is 0 Å². The van der Waals surface area contributed by atoms with Crippen LogP contribution in [0.15, 0.2) is 18.2 Å². The summed E-state index contributed by atoms with van der Waals surface area (Å²) >= 11 is 12.4. The van der Waals surface area contributed by atoms with Crippen molar-refractivity contribution in [1.82, 2.24) is 0 Å². The highest BCUT2D eigenvalue weighted by atomic mass is 35.5. The summed E-state index contributed by atoms with van der Waals surface area (Å²) in [6.07, 6.45) is 1.49. The molecule has 0 amide bonds. The van der Waals surface area contributed by atoms with Crippen molar-refractivity contribution in [3.05, 3.63) is 33.8 Å².